The monoisotopic (exact) mass is 232 g/mol. The molecule has 0 saturated carbocycles. The number of unbranched alkanes of at least 4 members (excludes halogenated alkanes) is 1. The Bertz CT molecular complexity index is 139. The minimum absolute atomic E-state index is 0.175. The van der Waals surface area contributed by atoms with Crippen LogP contribution in [0.3, 0.4) is 0 Å². The van der Waals surface area contributed by atoms with E-state index in [0.29, 0.717) is 18.2 Å². The SMILES string of the molecule is CC(CCl)CCCCOCC(F)(F)F. The molecule has 0 aliphatic carbocycles. The van der Waals surface area contributed by atoms with Gasteiger partial charge in [-0.2, -0.15) is 13.2 Å². The molecule has 0 aliphatic heterocycles. The van der Waals surface area contributed by atoms with Crippen molar-refractivity contribution in [3.05, 3.63) is 0 Å². The summed E-state index contributed by atoms with van der Waals surface area (Å²) in [7, 11) is 0. The first kappa shape index (κ1) is 14.0. The van der Waals surface area contributed by atoms with E-state index in [2.05, 4.69) is 4.74 Å². The fraction of sp³-hybridized carbons (Fsp3) is 1.00. The maximum Gasteiger partial charge on any atom is 0.411 e. The first-order valence-corrected chi connectivity index (χ1v) is 5.19. The number of ether oxygens (including phenoxy) is 1. The predicted molar refractivity (Wildman–Crippen MR) is 50.6 cm³/mol. The third-order valence-electron chi connectivity index (χ3n) is 1.76. The molecule has 0 N–H and O–H groups in total. The number of halogens is 4. The van der Waals surface area contributed by atoms with E-state index in [1.54, 1.807) is 0 Å². The predicted octanol–water partition coefficient (Wildman–Crippen LogP) is 3.61. The van der Waals surface area contributed by atoms with Gasteiger partial charge < -0.3 is 4.74 Å². The molecule has 0 heterocycles. The Morgan fingerprint density at radius 3 is 2.43 bits per heavy atom. The van der Waals surface area contributed by atoms with Crippen molar-refractivity contribution in [2.75, 3.05) is 19.1 Å². The Morgan fingerprint density at radius 2 is 1.93 bits per heavy atom. The summed E-state index contributed by atoms with van der Waals surface area (Å²) >= 11 is 5.57. The molecule has 14 heavy (non-hydrogen) atoms. The molecule has 0 bridgehead atoms. The van der Waals surface area contributed by atoms with Crippen molar-refractivity contribution < 1.29 is 17.9 Å². The summed E-state index contributed by atoms with van der Waals surface area (Å²) in [5.74, 6) is 1.03. The lowest BCUT2D eigenvalue weighted by atomic mass is 10.1. The molecule has 0 aromatic heterocycles. The van der Waals surface area contributed by atoms with Crippen molar-refractivity contribution in [1.29, 1.82) is 0 Å². The van der Waals surface area contributed by atoms with Crippen LogP contribution in [0.1, 0.15) is 26.2 Å². The molecule has 1 nitrogen and oxygen atoms in total. The van der Waals surface area contributed by atoms with E-state index in [4.69, 9.17) is 11.6 Å². The van der Waals surface area contributed by atoms with Gasteiger partial charge >= 0.3 is 6.18 Å². The molecule has 0 aliphatic rings. The Labute approximate surface area is 87.6 Å². The van der Waals surface area contributed by atoms with Crippen molar-refractivity contribution in [2.24, 2.45) is 5.92 Å². The van der Waals surface area contributed by atoms with Crippen molar-refractivity contribution in [3.63, 3.8) is 0 Å². The normalized spacial score (nSPS) is 14.4. The van der Waals surface area contributed by atoms with Crippen molar-refractivity contribution in [2.45, 2.75) is 32.4 Å². The van der Waals surface area contributed by atoms with Gasteiger partial charge in [0.05, 0.1) is 0 Å². The third-order valence-corrected chi connectivity index (χ3v) is 2.29. The van der Waals surface area contributed by atoms with E-state index in [0.717, 1.165) is 12.8 Å². The highest BCUT2D eigenvalue weighted by Gasteiger charge is 2.27. The average molecular weight is 233 g/mol. The van der Waals surface area contributed by atoms with E-state index >= 15 is 0 Å². The van der Waals surface area contributed by atoms with Gasteiger partial charge in [0.2, 0.25) is 0 Å². The van der Waals surface area contributed by atoms with Crippen LogP contribution >= 0.6 is 11.6 Å². The quantitative estimate of drug-likeness (QED) is 0.481. The van der Waals surface area contributed by atoms with Gasteiger partial charge in [-0.15, -0.1) is 11.6 Å². The molecule has 0 spiro atoms. The summed E-state index contributed by atoms with van der Waals surface area (Å²) < 4.78 is 39.3. The molecule has 1 unspecified atom stereocenters. The van der Waals surface area contributed by atoms with Crippen LogP contribution in [0.5, 0.6) is 0 Å². The number of hydrogen-bond acceptors (Lipinski definition) is 1. The van der Waals surface area contributed by atoms with Crippen LogP contribution in [0.15, 0.2) is 0 Å². The molecule has 0 saturated heterocycles. The molecule has 0 rings (SSSR count). The first-order chi connectivity index (χ1) is 6.45. The molecule has 86 valence electrons. The van der Waals surface area contributed by atoms with E-state index in [-0.39, 0.29) is 6.61 Å². The first-order valence-electron chi connectivity index (χ1n) is 4.66. The van der Waals surface area contributed by atoms with Gasteiger partial charge in [0.1, 0.15) is 6.61 Å². The number of rotatable bonds is 7. The van der Waals surface area contributed by atoms with E-state index in [1.165, 1.54) is 0 Å². The molecule has 1 atom stereocenters. The Balaban J connectivity index is 3.14. The van der Waals surface area contributed by atoms with Gasteiger partial charge in [0.25, 0.3) is 0 Å². The zero-order valence-corrected chi connectivity index (χ0v) is 9.00. The Hall–Kier alpha value is 0.0400. The van der Waals surface area contributed by atoms with Gasteiger partial charge in [-0.1, -0.05) is 13.3 Å². The lowest BCUT2D eigenvalue weighted by molar-refractivity contribution is -0.174. The van der Waals surface area contributed by atoms with Crippen LogP contribution in [0, 0.1) is 5.92 Å². The van der Waals surface area contributed by atoms with Crippen molar-refractivity contribution in [1.82, 2.24) is 0 Å². The maximum absolute atomic E-state index is 11.6. The fourth-order valence-corrected chi connectivity index (χ4v) is 1.12. The molecule has 0 fully saturated rings. The fourth-order valence-electron chi connectivity index (χ4n) is 0.962. The van der Waals surface area contributed by atoms with Gasteiger partial charge in [0.15, 0.2) is 0 Å². The maximum atomic E-state index is 11.6. The second-order valence-electron chi connectivity index (χ2n) is 3.42. The minimum Gasteiger partial charge on any atom is -0.372 e. The highest BCUT2D eigenvalue weighted by atomic mass is 35.5. The highest BCUT2D eigenvalue weighted by molar-refractivity contribution is 6.18. The standard InChI is InChI=1S/C9H16ClF3O/c1-8(6-10)4-2-3-5-14-7-9(11,12)13/h8H,2-7H2,1H3. The summed E-state index contributed by atoms with van der Waals surface area (Å²) in [6, 6.07) is 0. The van der Waals surface area contributed by atoms with Crippen molar-refractivity contribution >= 4 is 11.6 Å². The lowest BCUT2D eigenvalue weighted by Crippen LogP contribution is -2.17. The van der Waals surface area contributed by atoms with Crippen LogP contribution in [-0.2, 0) is 4.74 Å². The second-order valence-corrected chi connectivity index (χ2v) is 3.73. The second kappa shape index (κ2) is 7.35. The van der Waals surface area contributed by atoms with Gasteiger partial charge in [-0.3, -0.25) is 0 Å². The van der Waals surface area contributed by atoms with E-state index in [9.17, 15) is 13.2 Å². The van der Waals surface area contributed by atoms with Crippen molar-refractivity contribution in [3.8, 4) is 0 Å². The zero-order chi connectivity index (χ0) is 11.0. The summed E-state index contributed by atoms with van der Waals surface area (Å²) in [4.78, 5) is 0. The average Bonchev–Trinajstić information content (AvgIpc) is 2.08. The van der Waals surface area contributed by atoms with Crippen LogP contribution < -0.4 is 0 Å². The third kappa shape index (κ3) is 10.1. The zero-order valence-electron chi connectivity index (χ0n) is 8.24. The molecule has 0 radical (unpaired) electrons. The molecule has 0 aromatic rings. The summed E-state index contributed by atoms with van der Waals surface area (Å²) in [5, 5.41) is 0. The van der Waals surface area contributed by atoms with Gasteiger partial charge in [-0.05, 0) is 18.8 Å². The number of alkyl halides is 4. The van der Waals surface area contributed by atoms with E-state index in [1.807, 2.05) is 6.92 Å². The summed E-state index contributed by atoms with van der Waals surface area (Å²) in [6.45, 7) is 1.05. The lowest BCUT2D eigenvalue weighted by Gasteiger charge is -2.08. The highest BCUT2D eigenvalue weighted by Crippen LogP contribution is 2.15. The largest absolute Gasteiger partial charge is 0.411 e. The molecule has 5 heteroatoms. The topological polar surface area (TPSA) is 9.23 Å². The van der Waals surface area contributed by atoms with Crippen LogP contribution in [0.2, 0.25) is 0 Å². The Kier molecular flexibility index (Phi) is 7.37. The van der Waals surface area contributed by atoms with E-state index < -0.39 is 12.8 Å². The summed E-state index contributed by atoms with van der Waals surface area (Å²) in [6.07, 6.45) is -1.73. The number of hydrogen-bond donors (Lipinski definition) is 0. The van der Waals surface area contributed by atoms with Crippen LogP contribution in [-0.4, -0.2) is 25.3 Å². The van der Waals surface area contributed by atoms with Gasteiger partial charge in [-0.25, -0.2) is 0 Å². The summed E-state index contributed by atoms with van der Waals surface area (Å²) in [5.41, 5.74) is 0. The minimum atomic E-state index is -4.20. The van der Waals surface area contributed by atoms with Crippen LogP contribution in [0.25, 0.3) is 0 Å². The van der Waals surface area contributed by atoms with Gasteiger partial charge in [0, 0.05) is 12.5 Å². The molecular weight excluding hydrogens is 217 g/mol. The molecule has 0 amide bonds. The Morgan fingerprint density at radius 1 is 1.29 bits per heavy atom. The van der Waals surface area contributed by atoms with Crippen LogP contribution in [0.4, 0.5) is 13.2 Å². The molecular formula is C9H16ClF3O. The molecule has 0 aromatic carbocycles. The smallest absolute Gasteiger partial charge is 0.372 e.